The zero-order valence-corrected chi connectivity index (χ0v) is 27.5. The van der Waals surface area contributed by atoms with Crippen molar-refractivity contribution in [2.24, 2.45) is 0 Å². The number of benzene rings is 2. The van der Waals surface area contributed by atoms with Crippen LogP contribution in [0, 0.1) is 6.92 Å². The molecule has 0 fully saturated rings. The van der Waals surface area contributed by atoms with E-state index in [-0.39, 0.29) is 11.2 Å². The molecule has 3 heterocycles. The Labute approximate surface area is 268 Å². The van der Waals surface area contributed by atoms with Crippen LogP contribution < -0.4 is 10.3 Å². The van der Waals surface area contributed by atoms with E-state index in [0.717, 1.165) is 17.4 Å². The first-order chi connectivity index (χ1) is 21.6. The largest absolute Gasteiger partial charge is 0.493 e. The first-order valence-corrected chi connectivity index (χ1v) is 16.6. The summed E-state index contributed by atoms with van der Waals surface area (Å²) >= 11 is 0. The summed E-state index contributed by atoms with van der Waals surface area (Å²) in [6.45, 7) is 13.6. The van der Waals surface area contributed by atoms with Crippen molar-refractivity contribution in [2.45, 2.75) is 52.7 Å². The average molecular weight is 644 g/mol. The highest BCUT2D eigenvalue weighted by atomic mass is 32.2. The van der Waals surface area contributed by atoms with Gasteiger partial charge in [0.2, 0.25) is 10.0 Å². The van der Waals surface area contributed by atoms with E-state index in [0.29, 0.717) is 63.3 Å². The molecular weight excluding hydrogens is 606 g/mol. The van der Waals surface area contributed by atoms with Gasteiger partial charge < -0.3 is 14.6 Å². The fourth-order valence-corrected chi connectivity index (χ4v) is 6.47. The number of aryl methyl sites for hydroxylation is 1. The average Bonchev–Trinajstić information content (AvgIpc) is 2.95. The second kappa shape index (κ2) is 12.2. The number of ether oxygens (including phenoxy) is 2. The second-order valence-electron chi connectivity index (χ2n) is 12.2. The number of fused-ring (bicyclic) bond motifs is 2. The molecule has 2 N–H and O–H groups in total. The molecule has 1 aliphatic rings. The molecule has 10 nitrogen and oxygen atoms in total. The summed E-state index contributed by atoms with van der Waals surface area (Å²) in [6, 6.07) is 13.3. The summed E-state index contributed by atoms with van der Waals surface area (Å²) in [7, 11) is -3.58. The Morgan fingerprint density at radius 1 is 1.20 bits per heavy atom. The van der Waals surface area contributed by atoms with Gasteiger partial charge in [-0.05, 0) is 87.7 Å². The van der Waals surface area contributed by atoms with Gasteiger partial charge in [0.15, 0.2) is 6.10 Å². The highest BCUT2D eigenvalue weighted by molar-refractivity contribution is 7.92. The van der Waals surface area contributed by atoms with Crippen LogP contribution in [0.4, 0.5) is 5.69 Å². The van der Waals surface area contributed by atoms with Gasteiger partial charge in [0.05, 0.1) is 41.0 Å². The lowest BCUT2D eigenvalue weighted by Crippen LogP contribution is -2.29. The molecule has 1 unspecified atom stereocenters. The molecule has 0 aliphatic carbocycles. The maximum atomic E-state index is 13.6. The lowest BCUT2D eigenvalue weighted by Gasteiger charge is -2.30. The summed E-state index contributed by atoms with van der Waals surface area (Å²) in [5.41, 5.74) is 4.47. The van der Waals surface area contributed by atoms with E-state index in [2.05, 4.69) is 11.3 Å². The van der Waals surface area contributed by atoms with Crippen molar-refractivity contribution in [3.63, 3.8) is 0 Å². The Morgan fingerprint density at radius 2 is 1.93 bits per heavy atom. The lowest BCUT2D eigenvalue weighted by molar-refractivity contribution is -0.160. The molecule has 0 saturated carbocycles. The lowest BCUT2D eigenvalue weighted by atomic mass is 9.84. The van der Waals surface area contributed by atoms with Crippen LogP contribution in [0.1, 0.15) is 67.3 Å². The molecule has 11 heteroatoms. The third-order valence-electron chi connectivity index (χ3n) is 7.59. The number of hydrogen-bond acceptors (Lipinski definition) is 7. The van der Waals surface area contributed by atoms with Crippen LogP contribution in [0.25, 0.3) is 27.9 Å². The maximum Gasteiger partial charge on any atom is 0.337 e. The van der Waals surface area contributed by atoms with E-state index in [1.54, 1.807) is 70.3 Å². The number of rotatable bonds is 8. The normalized spacial score (nSPS) is 14.5. The quantitative estimate of drug-likeness (QED) is 0.239. The first kappa shape index (κ1) is 32.6. The fraction of sp³-hybridized carbons (Fsp3) is 0.286. The number of nitrogens with one attached hydrogen (secondary N) is 1. The summed E-state index contributed by atoms with van der Waals surface area (Å²) in [5, 5.41) is 11.1. The van der Waals surface area contributed by atoms with Crippen molar-refractivity contribution in [1.82, 2.24) is 9.55 Å². The Balaban J connectivity index is 1.91. The molecule has 0 radical (unpaired) electrons. The molecule has 2 aromatic carbocycles. The van der Waals surface area contributed by atoms with E-state index in [1.165, 1.54) is 10.6 Å². The van der Waals surface area contributed by atoms with E-state index in [1.807, 2.05) is 19.1 Å². The minimum absolute atomic E-state index is 0.287. The smallest absolute Gasteiger partial charge is 0.337 e. The monoisotopic (exact) mass is 643 g/mol. The summed E-state index contributed by atoms with van der Waals surface area (Å²) < 4.78 is 39.9. The molecule has 46 heavy (non-hydrogen) atoms. The number of hydrogen-bond donors (Lipinski definition) is 2. The van der Waals surface area contributed by atoms with Gasteiger partial charge in [-0.25, -0.2) is 13.2 Å². The van der Waals surface area contributed by atoms with E-state index < -0.39 is 27.7 Å². The fourth-order valence-electron chi connectivity index (χ4n) is 5.92. The molecule has 0 saturated heterocycles. The van der Waals surface area contributed by atoms with Crippen LogP contribution in [0.15, 0.2) is 72.2 Å². The van der Waals surface area contributed by atoms with Crippen molar-refractivity contribution >= 4 is 43.9 Å². The molecule has 1 atom stereocenters. The standard InChI is InChI=1S/C35H37N3O7S/c1-8-25(32-30-21(3)44-17-15-22(30)14-16-36-32)31-26-12-13-28(39)38(24-11-9-10-23(19-24)37-46(7,42)43)27(26)18-20(2)29(31)33(34(40)41)45-35(4,5)6/h8-14,16,18-19,33,37H,3,15,17H2,1-2,4-7H3,(H,40,41). The predicted octanol–water partition coefficient (Wildman–Crippen LogP) is 6.00. The number of carbonyl (C=O) groups is 1. The SMILES string of the molecule is C=C1OCCc2ccnc(C(=CC)c3c(C(OC(C)(C)C)C(=O)O)c(C)cc4c3ccc(=O)n4-c3cccc(NS(C)(=O)=O)c3)c21. The molecule has 0 amide bonds. The number of aliphatic carboxylic acids is 1. The van der Waals surface area contributed by atoms with Crippen LogP contribution in [-0.2, 0) is 30.7 Å². The second-order valence-corrected chi connectivity index (χ2v) is 14.0. The minimum atomic E-state index is -3.58. The first-order valence-electron chi connectivity index (χ1n) is 14.7. The Bertz CT molecular complexity index is 2090. The molecule has 2 aromatic heterocycles. The number of carboxylic acid groups (broad SMARTS) is 1. The van der Waals surface area contributed by atoms with E-state index in [9.17, 15) is 23.1 Å². The predicted molar refractivity (Wildman–Crippen MR) is 180 cm³/mol. The van der Waals surface area contributed by atoms with Crippen molar-refractivity contribution in [3.8, 4) is 5.69 Å². The number of nitrogens with zero attached hydrogens (tertiary/aromatic N) is 2. The molecule has 0 spiro atoms. The van der Waals surface area contributed by atoms with Crippen molar-refractivity contribution in [2.75, 3.05) is 17.6 Å². The maximum absolute atomic E-state index is 13.6. The molecule has 240 valence electrons. The zero-order chi connectivity index (χ0) is 33.6. The van der Waals surface area contributed by atoms with Gasteiger partial charge >= 0.3 is 5.97 Å². The molecule has 0 bridgehead atoms. The Hall–Kier alpha value is -4.74. The van der Waals surface area contributed by atoms with Crippen LogP contribution in [0.2, 0.25) is 0 Å². The van der Waals surface area contributed by atoms with Crippen molar-refractivity contribution in [3.05, 3.63) is 111 Å². The molecular formula is C35H37N3O7S. The van der Waals surface area contributed by atoms with Gasteiger partial charge in [0.25, 0.3) is 5.56 Å². The van der Waals surface area contributed by atoms with Crippen LogP contribution in [-0.4, -0.2) is 47.5 Å². The number of aromatic nitrogens is 2. The van der Waals surface area contributed by atoms with Crippen LogP contribution in [0.5, 0.6) is 0 Å². The number of anilines is 1. The number of allylic oxidation sites excluding steroid dienone is 1. The van der Waals surface area contributed by atoms with Crippen LogP contribution in [0.3, 0.4) is 0 Å². The summed E-state index contributed by atoms with van der Waals surface area (Å²) in [6.07, 6.45) is 3.92. The van der Waals surface area contributed by atoms with Gasteiger partial charge in [0, 0.05) is 40.8 Å². The van der Waals surface area contributed by atoms with Gasteiger partial charge in [0.1, 0.15) is 5.76 Å². The third-order valence-corrected chi connectivity index (χ3v) is 8.20. The topological polar surface area (TPSA) is 137 Å². The Kier molecular flexibility index (Phi) is 8.67. The molecule has 4 aromatic rings. The molecule has 1 aliphatic heterocycles. The van der Waals surface area contributed by atoms with Gasteiger partial charge in [-0.3, -0.25) is 19.1 Å². The number of sulfonamides is 1. The Morgan fingerprint density at radius 3 is 2.59 bits per heavy atom. The summed E-state index contributed by atoms with van der Waals surface area (Å²) in [4.78, 5) is 31.3. The van der Waals surface area contributed by atoms with Crippen LogP contribution >= 0.6 is 0 Å². The highest BCUT2D eigenvalue weighted by Gasteiger charge is 2.34. The van der Waals surface area contributed by atoms with Gasteiger partial charge in [-0.1, -0.05) is 18.7 Å². The third kappa shape index (κ3) is 6.47. The number of carboxylic acids is 1. The summed E-state index contributed by atoms with van der Waals surface area (Å²) in [5.74, 6) is -0.701. The molecule has 5 rings (SSSR count). The zero-order valence-electron chi connectivity index (χ0n) is 26.7. The van der Waals surface area contributed by atoms with Crippen molar-refractivity contribution < 1.29 is 27.8 Å². The number of pyridine rings is 2. The highest BCUT2D eigenvalue weighted by Crippen LogP contribution is 2.42. The van der Waals surface area contributed by atoms with Gasteiger partial charge in [-0.2, -0.15) is 0 Å². The van der Waals surface area contributed by atoms with E-state index in [4.69, 9.17) is 14.5 Å². The minimum Gasteiger partial charge on any atom is -0.493 e. The van der Waals surface area contributed by atoms with Crippen molar-refractivity contribution in [1.29, 1.82) is 0 Å². The van der Waals surface area contributed by atoms with E-state index >= 15 is 0 Å². The van der Waals surface area contributed by atoms with Gasteiger partial charge in [-0.15, -0.1) is 0 Å².